The minimum absolute atomic E-state index is 0.474. The van der Waals surface area contributed by atoms with E-state index in [0.717, 1.165) is 25.7 Å². The molecule has 13 heavy (non-hydrogen) atoms. The van der Waals surface area contributed by atoms with E-state index >= 15 is 0 Å². The summed E-state index contributed by atoms with van der Waals surface area (Å²) in [7, 11) is 0. The lowest BCUT2D eigenvalue weighted by Crippen LogP contribution is -2.25. The average molecular weight is 186 g/mol. The maximum Gasteiger partial charge on any atom is 0.0799 e. The van der Waals surface area contributed by atoms with Crippen LogP contribution in [0.25, 0.3) is 0 Å². The maximum atomic E-state index is 9.54. The van der Waals surface area contributed by atoms with E-state index in [2.05, 4.69) is 0 Å². The number of aliphatic hydroxyl groups excluding tert-OH is 2. The van der Waals surface area contributed by atoms with Crippen LogP contribution in [0.4, 0.5) is 0 Å². The van der Waals surface area contributed by atoms with E-state index in [1.54, 1.807) is 0 Å². The SMILES string of the molecule is OC1CCCCCCCCCC1O. The van der Waals surface area contributed by atoms with Gasteiger partial charge in [-0.3, -0.25) is 0 Å². The van der Waals surface area contributed by atoms with Gasteiger partial charge in [0.1, 0.15) is 0 Å². The van der Waals surface area contributed by atoms with Crippen LogP contribution in [0.1, 0.15) is 57.8 Å². The normalized spacial score (nSPS) is 33.7. The van der Waals surface area contributed by atoms with Gasteiger partial charge in [-0.2, -0.15) is 0 Å². The molecule has 0 heterocycles. The molecule has 1 saturated carbocycles. The predicted octanol–water partition coefficient (Wildman–Crippen LogP) is 2.23. The van der Waals surface area contributed by atoms with Crippen LogP contribution in [0, 0.1) is 0 Å². The van der Waals surface area contributed by atoms with Gasteiger partial charge in [-0.25, -0.2) is 0 Å². The maximum absolute atomic E-state index is 9.54. The smallest absolute Gasteiger partial charge is 0.0799 e. The van der Waals surface area contributed by atoms with Crippen molar-refractivity contribution in [3.05, 3.63) is 0 Å². The van der Waals surface area contributed by atoms with Crippen molar-refractivity contribution >= 4 is 0 Å². The van der Waals surface area contributed by atoms with E-state index in [9.17, 15) is 10.2 Å². The summed E-state index contributed by atoms with van der Waals surface area (Å²) in [6, 6.07) is 0. The van der Waals surface area contributed by atoms with Crippen LogP contribution in [0.3, 0.4) is 0 Å². The molecule has 1 fully saturated rings. The van der Waals surface area contributed by atoms with Gasteiger partial charge in [0.25, 0.3) is 0 Å². The summed E-state index contributed by atoms with van der Waals surface area (Å²) in [6.45, 7) is 0. The van der Waals surface area contributed by atoms with E-state index < -0.39 is 12.2 Å². The Hall–Kier alpha value is -0.0800. The second-order valence-corrected chi connectivity index (χ2v) is 4.19. The quantitative estimate of drug-likeness (QED) is 0.609. The molecule has 2 heteroatoms. The minimum atomic E-state index is -0.474. The summed E-state index contributed by atoms with van der Waals surface area (Å²) in [4.78, 5) is 0. The Morgan fingerprint density at radius 2 is 0.846 bits per heavy atom. The number of hydrogen-bond donors (Lipinski definition) is 2. The average Bonchev–Trinajstić information content (AvgIpc) is 2.16. The summed E-state index contributed by atoms with van der Waals surface area (Å²) in [5.74, 6) is 0. The van der Waals surface area contributed by atoms with Crippen molar-refractivity contribution in [2.45, 2.75) is 70.0 Å². The van der Waals surface area contributed by atoms with Crippen molar-refractivity contribution in [2.24, 2.45) is 0 Å². The highest BCUT2D eigenvalue weighted by molar-refractivity contribution is 4.68. The zero-order valence-corrected chi connectivity index (χ0v) is 8.41. The lowest BCUT2D eigenvalue weighted by atomic mass is 10.0. The second-order valence-electron chi connectivity index (χ2n) is 4.19. The third-order valence-electron chi connectivity index (χ3n) is 2.94. The molecule has 0 amide bonds. The Labute approximate surface area is 81.0 Å². The summed E-state index contributed by atoms with van der Waals surface area (Å²) in [5, 5.41) is 19.1. The Balaban J connectivity index is 2.26. The van der Waals surface area contributed by atoms with Gasteiger partial charge in [0.2, 0.25) is 0 Å². The summed E-state index contributed by atoms with van der Waals surface area (Å²) in [6.07, 6.45) is 9.08. The molecule has 1 aliphatic rings. The zero-order valence-electron chi connectivity index (χ0n) is 8.41. The van der Waals surface area contributed by atoms with E-state index in [1.807, 2.05) is 0 Å². The van der Waals surface area contributed by atoms with Crippen LogP contribution in [0.5, 0.6) is 0 Å². The van der Waals surface area contributed by atoms with Crippen LogP contribution in [0.2, 0.25) is 0 Å². The summed E-state index contributed by atoms with van der Waals surface area (Å²) >= 11 is 0. The van der Waals surface area contributed by atoms with Crippen LogP contribution >= 0.6 is 0 Å². The van der Waals surface area contributed by atoms with E-state index in [-0.39, 0.29) is 0 Å². The molecule has 0 saturated heterocycles. The minimum Gasteiger partial charge on any atom is -0.390 e. The highest BCUT2D eigenvalue weighted by Crippen LogP contribution is 2.17. The third-order valence-corrected chi connectivity index (χ3v) is 2.94. The van der Waals surface area contributed by atoms with Crippen LogP contribution in [0.15, 0.2) is 0 Å². The molecule has 2 nitrogen and oxygen atoms in total. The molecule has 2 atom stereocenters. The fraction of sp³-hybridized carbons (Fsp3) is 1.00. The molecule has 1 aliphatic carbocycles. The first-order chi connectivity index (χ1) is 6.30. The molecular formula is C11H22O2. The topological polar surface area (TPSA) is 40.5 Å². The van der Waals surface area contributed by atoms with Crippen molar-refractivity contribution < 1.29 is 10.2 Å². The van der Waals surface area contributed by atoms with Crippen LogP contribution in [-0.2, 0) is 0 Å². The van der Waals surface area contributed by atoms with Crippen molar-refractivity contribution in [3.63, 3.8) is 0 Å². The standard InChI is InChI=1S/C11H22O2/c12-10-8-6-4-2-1-3-5-7-9-11(10)13/h10-13H,1-9H2. The number of rotatable bonds is 0. The van der Waals surface area contributed by atoms with Crippen molar-refractivity contribution in [1.29, 1.82) is 0 Å². The molecule has 2 unspecified atom stereocenters. The fourth-order valence-electron chi connectivity index (χ4n) is 1.98. The zero-order chi connectivity index (χ0) is 9.52. The molecule has 0 aromatic heterocycles. The van der Waals surface area contributed by atoms with Gasteiger partial charge in [0.15, 0.2) is 0 Å². The lowest BCUT2D eigenvalue weighted by Gasteiger charge is -2.16. The van der Waals surface area contributed by atoms with E-state index in [0.29, 0.717) is 0 Å². The molecule has 0 aromatic carbocycles. The molecule has 2 N–H and O–H groups in total. The molecule has 0 spiro atoms. The van der Waals surface area contributed by atoms with Crippen LogP contribution in [-0.4, -0.2) is 22.4 Å². The van der Waals surface area contributed by atoms with Gasteiger partial charge in [0.05, 0.1) is 12.2 Å². The molecular weight excluding hydrogens is 164 g/mol. The van der Waals surface area contributed by atoms with Crippen molar-refractivity contribution in [2.75, 3.05) is 0 Å². The molecule has 0 bridgehead atoms. The highest BCUT2D eigenvalue weighted by Gasteiger charge is 2.15. The van der Waals surface area contributed by atoms with Crippen molar-refractivity contribution in [1.82, 2.24) is 0 Å². The number of hydrogen-bond acceptors (Lipinski definition) is 2. The van der Waals surface area contributed by atoms with E-state index in [1.165, 1.54) is 32.1 Å². The van der Waals surface area contributed by atoms with Crippen LogP contribution < -0.4 is 0 Å². The largest absolute Gasteiger partial charge is 0.390 e. The monoisotopic (exact) mass is 186 g/mol. The van der Waals surface area contributed by atoms with Gasteiger partial charge >= 0.3 is 0 Å². The molecule has 78 valence electrons. The van der Waals surface area contributed by atoms with Gasteiger partial charge in [0, 0.05) is 0 Å². The molecule has 1 rings (SSSR count). The Morgan fingerprint density at radius 3 is 1.23 bits per heavy atom. The Morgan fingerprint density at radius 1 is 0.538 bits per heavy atom. The van der Waals surface area contributed by atoms with Gasteiger partial charge < -0.3 is 10.2 Å². The first-order valence-corrected chi connectivity index (χ1v) is 5.67. The summed E-state index contributed by atoms with van der Waals surface area (Å²) in [5.41, 5.74) is 0. The lowest BCUT2D eigenvalue weighted by molar-refractivity contribution is 0.00764. The van der Waals surface area contributed by atoms with Gasteiger partial charge in [-0.15, -0.1) is 0 Å². The van der Waals surface area contributed by atoms with E-state index in [4.69, 9.17) is 0 Å². The summed E-state index contributed by atoms with van der Waals surface area (Å²) < 4.78 is 0. The van der Waals surface area contributed by atoms with Crippen molar-refractivity contribution in [3.8, 4) is 0 Å². The third kappa shape index (κ3) is 4.63. The molecule has 0 radical (unpaired) electrons. The number of aliphatic hydroxyl groups is 2. The first-order valence-electron chi connectivity index (χ1n) is 5.67. The fourth-order valence-corrected chi connectivity index (χ4v) is 1.98. The molecule has 0 aromatic rings. The van der Waals surface area contributed by atoms with Gasteiger partial charge in [-0.05, 0) is 12.8 Å². The Bertz CT molecular complexity index is 111. The first kappa shape index (κ1) is 11.0. The second kappa shape index (κ2) is 6.39. The Kier molecular flexibility index (Phi) is 5.40. The molecule has 0 aliphatic heterocycles. The van der Waals surface area contributed by atoms with Gasteiger partial charge in [-0.1, -0.05) is 44.9 Å². The highest BCUT2D eigenvalue weighted by atomic mass is 16.3. The predicted molar refractivity (Wildman–Crippen MR) is 53.6 cm³/mol.